The van der Waals surface area contributed by atoms with E-state index < -0.39 is 18.4 Å². The molecule has 1 saturated heterocycles. The molecule has 1 unspecified atom stereocenters. The molecule has 1 fully saturated rings. The van der Waals surface area contributed by atoms with Crippen molar-refractivity contribution >= 4 is 12.1 Å². The minimum absolute atomic E-state index is 0.0896. The number of nitrogens with one attached hydrogen (secondary N) is 1. The standard InChI is InChI=1S/C12H19NO5/c1-9(2)11(14)17-8-6-13-12(15)18-10-5-3-4-7-16-10/h10H,1,3-8H2,2H3,(H,13,15). The molecule has 1 N–H and O–H groups in total. The second kappa shape index (κ2) is 7.71. The molecule has 1 aliphatic heterocycles. The Labute approximate surface area is 106 Å². The van der Waals surface area contributed by atoms with E-state index >= 15 is 0 Å². The second-order valence-corrected chi connectivity index (χ2v) is 4.04. The number of hydrogen-bond acceptors (Lipinski definition) is 5. The molecule has 1 amide bonds. The zero-order valence-corrected chi connectivity index (χ0v) is 10.6. The van der Waals surface area contributed by atoms with Crippen LogP contribution in [0.5, 0.6) is 0 Å². The summed E-state index contributed by atoms with van der Waals surface area (Å²) in [5, 5.41) is 2.48. The largest absolute Gasteiger partial charge is 0.460 e. The van der Waals surface area contributed by atoms with Crippen molar-refractivity contribution in [1.82, 2.24) is 5.32 Å². The highest BCUT2D eigenvalue weighted by Gasteiger charge is 2.17. The average Bonchev–Trinajstić information content (AvgIpc) is 2.35. The molecule has 6 nitrogen and oxygen atoms in total. The average molecular weight is 257 g/mol. The summed E-state index contributed by atoms with van der Waals surface area (Å²) in [4.78, 5) is 22.3. The molecule has 0 aromatic carbocycles. The van der Waals surface area contributed by atoms with Crippen molar-refractivity contribution in [3.8, 4) is 0 Å². The van der Waals surface area contributed by atoms with Crippen LogP contribution >= 0.6 is 0 Å². The van der Waals surface area contributed by atoms with E-state index in [4.69, 9.17) is 14.2 Å². The molecule has 0 aromatic rings. The minimum atomic E-state index is -0.562. The van der Waals surface area contributed by atoms with E-state index in [1.165, 1.54) is 0 Å². The molecular weight excluding hydrogens is 238 g/mol. The molecule has 1 atom stereocenters. The van der Waals surface area contributed by atoms with Gasteiger partial charge in [-0.25, -0.2) is 9.59 Å². The first-order valence-electron chi connectivity index (χ1n) is 5.98. The maximum atomic E-state index is 11.3. The van der Waals surface area contributed by atoms with E-state index in [9.17, 15) is 9.59 Å². The summed E-state index contributed by atoms with van der Waals surface area (Å²) in [5.41, 5.74) is 0.327. The van der Waals surface area contributed by atoms with Crippen LogP contribution in [0.1, 0.15) is 26.2 Å². The molecule has 0 bridgehead atoms. The maximum absolute atomic E-state index is 11.3. The summed E-state index contributed by atoms with van der Waals surface area (Å²) in [5.74, 6) is -0.471. The number of amides is 1. The van der Waals surface area contributed by atoms with Crippen LogP contribution < -0.4 is 5.32 Å². The van der Waals surface area contributed by atoms with Gasteiger partial charge in [0.05, 0.1) is 13.2 Å². The van der Waals surface area contributed by atoms with Gasteiger partial charge in [-0.15, -0.1) is 0 Å². The molecule has 6 heteroatoms. The predicted octanol–water partition coefficient (Wildman–Crippen LogP) is 1.36. The van der Waals surface area contributed by atoms with E-state index in [2.05, 4.69) is 11.9 Å². The van der Waals surface area contributed by atoms with Gasteiger partial charge in [-0.2, -0.15) is 0 Å². The molecule has 0 radical (unpaired) electrons. The Hall–Kier alpha value is -1.56. The highest BCUT2D eigenvalue weighted by atomic mass is 16.7. The lowest BCUT2D eigenvalue weighted by atomic mass is 10.2. The van der Waals surface area contributed by atoms with Gasteiger partial charge < -0.3 is 19.5 Å². The number of carbonyl (C=O) groups is 2. The fourth-order valence-corrected chi connectivity index (χ4v) is 1.39. The van der Waals surface area contributed by atoms with Crippen molar-refractivity contribution in [2.75, 3.05) is 19.8 Å². The number of ether oxygens (including phenoxy) is 3. The summed E-state index contributed by atoms with van der Waals surface area (Å²) in [6.45, 7) is 5.91. The number of esters is 1. The van der Waals surface area contributed by atoms with Crippen LogP contribution in [-0.2, 0) is 19.0 Å². The monoisotopic (exact) mass is 257 g/mol. The van der Waals surface area contributed by atoms with Crippen molar-refractivity contribution in [2.45, 2.75) is 32.5 Å². The molecule has 1 aliphatic rings. The summed E-state index contributed by atoms with van der Waals surface area (Å²) >= 11 is 0. The Morgan fingerprint density at radius 2 is 2.22 bits per heavy atom. The Morgan fingerprint density at radius 3 is 2.83 bits per heavy atom. The number of alkyl carbamates (subject to hydrolysis) is 1. The van der Waals surface area contributed by atoms with E-state index in [-0.39, 0.29) is 13.2 Å². The van der Waals surface area contributed by atoms with E-state index in [1.54, 1.807) is 6.92 Å². The summed E-state index contributed by atoms with van der Waals surface area (Å²) in [6.07, 6.45) is 1.69. The topological polar surface area (TPSA) is 73.9 Å². The van der Waals surface area contributed by atoms with E-state index in [0.29, 0.717) is 12.2 Å². The third-order valence-corrected chi connectivity index (χ3v) is 2.33. The van der Waals surface area contributed by atoms with Gasteiger partial charge in [0, 0.05) is 12.0 Å². The lowest BCUT2D eigenvalue weighted by Crippen LogP contribution is -2.34. The van der Waals surface area contributed by atoms with Gasteiger partial charge >= 0.3 is 12.1 Å². The van der Waals surface area contributed by atoms with Crippen molar-refractivity contribution in [2.24, 2.45) is 0 Å². The number of rotatable bonds is 5. The predicted molar refractivity (Wildman–Crippen MR) is 63.8 cm³/mol. The van der Waals surface area contributed by atoms with Gasteiger partial charge in [-0.1, -0.05) is 6.58 Å². The van der Waals surface area contributed by atoms with Gasteiger partial charge in [0.25, 0.3) is 0 Å². The number of carbonyl (C=O) groups excluding carboxylic acids is 2. The maximum Gasteiger partial charge on any atom is 0.409 e. The molecule has 1 rings (SSSR count). The lowest BCUT2D eigenvalue weighted by Gasteiger charge is -2.22. The molecule has 0 aliphatic carbocycles. The fourth-order valence-electron chi connectivity index (χ4n) is 1.39. The second-order valence-electron chi connectivity index (χ2n) is 4.04. The zero-order chi connectivity index (χ0) is 13.4. The molecule has 1 heterocycles. The summed E-state index contributed by atoms with van der Waals surface area (Å²) in [6, 6.07) is 0. The van der Waals surface area contributed by atoms with Crippen LogP contribution in [0.2, 0.25) is 0 Å². The highest BCUT2D eigenvalue weighted by Crippen LogP contribution is 2.13. The molecular formula is C12H19NO5. The Bertz CT molecular complexity index is 310. The van der Waals surface area contributed by atoms with Crippen molar-refractivity contribution in [3.05, 3.63) is 12.2 Å². The SMILES string of the molecule is C=C(C)C(=O)OCCNC(=O)OC1CCCCO1. The molecule has 0 aromatic heterocycles. The summed E-state index contributed by atoms with van der Waals surface area (Å²) < 4.78 is 15.1. The quantitative estimate of drug-likeness (QED) is 0.457. The fraction of sp³-hybridized carbons (Fsp3) is 0.667. The van der Waals surface area contributed by atoms with Crippen LogP contribution in [0.25, 0.3) is 0 Å². The number of hydrogen-bond donors (Lipinski definition) is 1. The van der Waals surface area contributed by atoms with Gasteiger partial charge in [0.1, 0.15) is 6.61 Å². The molecule has 102 valence electrons. The molecule has 0 spiro atoms. The third-order valence-electron chi connectivity index (χ3n) is 2.33. The van der Waals surface area contributed by atoms with Crippen LogP contribution in [0.4, 0.5) is 4.79 Å². The highest BCUT2D eigenvalue weighted by molar-refractivity contribution is 5.86. The van der Waals surface area contributed by atoms with Gasteiger partial charge in [0.2, 0.25) is 6.29 Å². The van der Waals surface area contributed by atoms with Crippen LogP contribution in [0.3, 0.4) is 0 Å². The first-order valence-corrected chi connectivity index (χ1v) is 5.98. The lowest BCUT2D eigenvalue weighted by molar-refractivity contribution is -0.139. The van der Waals surface area contributed by atoms with E-state index in [1.807, 2.05) is 0 Å². The van der Waals surface area contributed by atoms with Crippen LogP contribution in [0, 0.1) is 0 Å². The Morgan fingerprint density at radius 1 is 1.44 bits per heavy atom. The summed E-state index contributed by atoms with van der Waals surface area (Å²) in [7, 11) is 0. The zero-order valence-electron chi connectivity index (χ0n) is 10.6. The van der Waals surface area contributed by atoms with Crippen LogP contribution in [0.15, 0.2) is 12.2 Å². The van der Waals surface area contributed by atoms with Crippen molar-refractivity contribution < 1.29 is 23.8 Å². The smallest absolute Gasteiger partial charge is 0.409 e. The normalized spacial score (nSPS) is 18.8. The van der Waals surface area contributed by atoms with Crippen molar-refractivity contribution in [3.63, 3.8) is 0 Å². The Balaban J connectivity index is 2.06. The molecule has 0 saturated carbocycles. The van der Waals surface area contributed by atoms with Gasteiger partial charge in [0.15, 0.2) is 0 Å². The van der Waals surface area contributed by atoms with Crippen molar-refractivity contribution in [1.29, 1.82) is 0 Å². The van der Waals surface area contributed by atoms with Crippen LogP contribution in [-0.4, -0.2) is 38.1 Å². The Kier molecular flexibility index (Phi) is 6.21. The first kappa shape index (κ1) is 14.5. The van der Waals surface area contributed by atoms with Gasteiger partial charge in [-0.3, -0.25) is 0 Å². The van der Waals surface area contributed by atoms with Gasteiger partial charge in [-0.05, 0) is 19.8 Å². The molecule has 18 heavy (non-hydrogen) atoms. The minimum Gasteiger partial charge on any atom is -0.460 e. The van der Waals surface area contributed by atoms with E-state index in [0.717, 1.165) is 19.3 Å². The first-order chi connectivity index (χ1) is 8.59. The third kappa shape index (κ3) is 5.67.